The summed E-state index contributed by atoms with van der Waals surface area (Å²) in [5.74, 6) is -0.0678. The number of nitrogens with zero attached hydrogens (tertiary/aromatic N) is 1. The Balaban J connectivity index is 1.61. The summed E-state index contributed by atoms with van der Waals surface area (Å²) in [6, 6.07) is 4.98. The van der Waals surface area contributed by atoms with Crippen LogP contribution in [0.1, 0.15) is 25.7 Å². The van der Waals surface area contributed by atoms with Gasteiger partial charge in [-0.05, 0) is 43.7 Å². The number of benzene rings is 1. The van der Waals surface area contributed by atoms with Crippen molar-refractivity contribution in [3.8, 4) is 0 Å². The number of urea groups is 1. The molecule has 3 N–H and O–H groups in total. The fourth-order valence-electron chi connectivity index (χ4n) is 3.05. The van der Waals surface area contributed by atoms with E-state index in [1.807, 2.05) is 0 Å². The molecule has 0 radical (unpaired) electrons. The van der Waals surface area contributed by atoms with Crippen LogP contribution in [0.4, 0.5) is 10.5 Å². The molecule has 1 aliphatic carbocycles. The Morgan fingerprint density at radius 1 is 1.35 bits per heavy atom. The van der Waals surface area contributed by atoms with E-state index >= 15 is 0 Å². The Kier molecular flexibility index (Phi) is 4.38. The Morgan fingerprint density at radius 3 is 2.78 bits per heavy atom. The van der Waals surface area contributed by atoms with Gasteiger partial charge in [0.25, 0.3) is 0 Å². The zero-order valence-corrected chi connectivity index (χ0v) is 13.0. The standard InChI is InChI=1S/C16H21N3O4/c1-19-13-7-6-12(8-14(13)23-16(19)22)18-15(21)17-11-4-2-10(9-20)3-5-11/h6-8,10-11,20H,2-5,9H2,1H3,(H2,17,18,21). The van der Waals surface area contributed by atoms with Crippen molar-refractivity contribution < 1.29 is 14.3 Å². The van der Waals surface area contributed by atoms with Gasteiger partial charge in [0.15, 0.2) is 5.58 Å². The predicted molar refractivity (Wildman–Crippen MR) is 86.4 cm³/mol. The summed E-state index contributed by atoms with van der Waals surface area (Å²) in [7, 11) is 1.64. The molecule has 124 valence electrons. The lowest BCUT2D eigenvalue weighted by Crippen LogP contribution is -2.40. The van der Waals surface area contributed by atoms with Crippen molar-refractivity contribution in [1.29, 1.82) is 0 Å². The third-order valence-corrected chi connectivity index (χ3v) is 4.49. The fourth-order valence-corrected chi connectivity index (χ4v) is 3.05. The fraction of sp³-hybridized carbons (Fsp3) is 0.500. The summed E-state index contributed by atoms with van der Waals surface area (Å²) >= 11 is 0. The number of aliphatic hydroxyl groups is 1. The Hall–Kier alpha value is -2.28. The van der Waals surface area contributed by atoms with Gasteiger partial charge < -0.3 is 20.2 Å². The molecule has 1 heterocycles. The van der Waals surface area contributed by atoms with Crippen LogP contribution in [-0.4, -0.2) is 28.4 Å². The van der Waals surface area contributed by atoms with E-state index in [9.17, 15) is 9.59 Å². The molecular weight excluding hydrogens is 298 g/mol. The lowest BCUT2D eigenvalue weighted by molar-refractivity contribution is 0.176. The monoisotopic (exact) mass is 319 g/mol. The van der Waals surface area contributed by atoms with Crippen molar-refractivity contribution in [3.05, 3.63) is 28.7 Å². The molecule has 0 spiro atoms. The van der Waals surface area contributed by atoms with Crippen LogP contribution in [0.3, 0.4) is 0 Å². The molecule has 2 aromatic rings. The van der Waals surface area contributed by atoms with Crippen LogP contribution in [0.25, 0.3) is 11.1 Å². The Bertz CT molecular complexity index is 756. The van der Waals surface area contributed by atoms with E-state index in [4.69, 9.17) is 9.52 Å². The molecule has 1 aromatic heterocycles. The third-order valence-electron chi connectivity index (χ3n) is 4.49. The van der Waals surface area contributed by atoms with Crippen molar-refractivity contribution in [3.63, 3.8) is 0 Å². The van der Waals surface area contributed by atoms with Crippen molar-refractivity contribution >= 4 is 22.8 Å². The van der Waals surface area contributed by atoms with Gasteiger partial charge in [-0.2, -0.15) is 0 Å². The number of aliphatic hydroxyl groups excluding tert-OH is 1. The molecule has 23 heavy (non-hydrogen) atoms. The highest BCUT2D eigenvalue weighted by molar-refractivity contribution is 5.91. The molecule has 0 aliphatic heterocycles. The first kappa shape index (κ1) is 15.6. The molecule has 3 rings (SSSR count). The first-order valence-electron chi connectivity index (χ1n) is 7.85. The molecule has 7 nitrogen and oxygen atoms in total. The van der Waals surface area contributed by atoms with Crippen molar-refractivity contribution in [2.75, 3.05) is 11.9 Å². The lowest BCUT2D eigenvalue weighted by Gasteiger charge is -2.27. The third kappa shape index (κ3) is 3.39. The summed E-state index contributed by atoms with van der Waals surface area (Å²) in [6.45, 7) is 0.223. The maximum atomic E-state index is 12.1. The van der Waals surface area contributed by atoms with Gasteiger partial charge in [-0.25, -0.2) is 9.59 Å². The van der Waals surface area contributed by atoms with Crippen LogP contribution in [0.5, 0.6) is 0 Å². The van der Waals surface area contributed by atoms with Gasteiger partial charge in [0, 0.05) is 31.5 Å². The van der Waals surface area contributed by atoms with Crippen molar-refractivity contribution in [2.24, 2.45) is 13.0 Å². The predicted octanol–water partition coefficient (Wildman–Crippen LogP) is 1.80. The molecule has 1 fully saturated rings. The Labute approximate surface area is 133 Å². The minimum atomic E-state index is -0.428. The minimum Gasteiger partial charge on any atom is -0.408 e. The second-order valence-electron chi connectivity index (χ2n) is 6.11. The van der Waals surface area contributed by atoms with Gasteiger partial charge in [0.05, 0.1) is 5.52 Å². The van der Waals surface area contributed by atoms with Gasteiger partial charge in [-0.15, -0.1) is 0 Å². The van der Waals surface area contributed by atoms with Crippen LogP contribution < -0.4 is 16.4 Å². The number of oxazole rings is 1. The average molecular weight is 319 g/mol. The second-order valence-corrected chi connectivity index (χ2v) is 6.11. The summed E-state index contributed by atoms with van der Waals surface area (Å²) < 4.78 is 6.52. The van der Waals surface area contributed by atoms with E-state index in [-0.39, 0.29) is 18.7 Å². The van der Waals surface area contributed by atoms with Gasteiger partial charge >= 0.3 is 11.8 Å². The first-order valence-corrected chi connectivity index (χ1v) is 7.85. The van der Waals surface area contributed by atoms with Crippen LogP contribution in [0.15, 0.2) is 27.4 Å². The van der Waals surface area contributed by atoms with Gasteiger partial charge in [0.1, 0.15) is 0 Å². The summed E-state index contributed by atoms with van der Waals surface area (Å²) in [6.07, 6.45) is 3.63. The van der Waals surface area contributed by atoms with E-state index in [1.54, 1.807) is 25.2 Å². The van der Waals surface area contributed by atoms with Crippen molar-refractivity contribution in [2.45, 2.75) is 31.7 Å². The summed E-state index contributed by atoms with van der Waals surface area (Å²) in [4.78, 5) is 23.5. The highest BCUT2D eigenvalue weighted by Gasteiger charge is 2.21. The zero-order chi connectivity index (χ0) is 16.4. The molecule has 7 heteroatoms. The Morgan fingerprint density at radius 2 is 2.09 bits per heavy atom. The van der Waals surface area contributed by atoms with E-state index in [0.717, 1.165) is 25.7 Å². The normalized spacial score (nSPS) is 21.3. The number of hydrogen-bond acceptors (Lipinski definition) is 4. The molecule has 0 unspecified atom stereocenters. The number of aryl methyl sites for hydroxylation is 1. The SMILES string of the molecule is Cn1c(=O)oc2cc(NC(=O)NC3CCC(CO)CC3)ccc21. The highest BCUT2D eigenvalue weighted by atomic mass is 16.4. The van der Waals surface area contributed by atoms with Crippen LogP contribution >= 0.6 is 0 Å². The highest BCUT2D eigenvalue weighted by Crippen LogP contribution is 2.24. The zero-order valence-electron chi connectivity index (χ0n) is 13.0. The number of carbonyl (C=O) groups excluding carboxylic acids is 1. The second kappa shape index (κ2) is 6.45. The van der Waals surface area contributed by atoms with Gasteiger partial charge in [0.2, 0.25) is 0 Å². The maximum absolute atomic E-state index is 12.1. The van der Waals surface area contributed by atoms with Gasteiger partial charge in [-0.1, -0.05) is 0 Å². The average Bonchev–Trinajstić information content (AvgIpc) is 2.82. The topological polar surface area (TPSA) is 96.5 Å². The number of hydrogen-bond donors (Lipinski definition) is 3. The smallest absolute Gasteiger partial charge is 0.408 e. The molecule has 1 aliphatic rings. The molecule has 1 aromatic carbocycles. The van der Waals surface area contributed by atoms with E-state index in [0.29, 0.717) is 22.7 Å². The number of carbonyl (C=O) groups is 1. The van der Waals surface area contributed by atoms with Crippen LogP contribution in [0.2, 0.25) is 0 Å². The van der Waals surface area contributed by atoms with E-state index in [1.165, 1.54) is 4.57 Å². The number of anilines is 1. The molecular formula is C16H21N3O4. The number of aromatic nitrogens is 1. The van der Waals surface area contributed by atoms with E-state index < -0.39 is 5.76 Å². The van der Waals surface area contributed by atoms with Crippen LogP contribution in [-0.2, 0) is 7.05 Å². The lowest BCUT2D eigenvalue weighted by atomic mass is 9.87. The molecule has 0 atom stereocenters. The number of rotatable bonds is 3. The number of fused-ring (bicyclic) bond motifs is 1. The summed E-state index contributed by atoms with van der Waals surface area (Å²) in [5, 5.41) is 14.8. The first-order chi connectivity index (χ1) is 11.1. The van der Waals surface area contributed by atoms with Gasteiger partial charge in [-0.3, -0.25) is 4.57 Å². The quantitative estimate of drug-likeness (QED) is 0.804. The molecule has 2 amide bonds. The summed E-state index contributed by atoms with van der Waals surface area (Å²) in [5.41, 5.74) is 1.70. The van der Waals surface area contributed by atoms with Crippen molar-refractivity contribution in [1.82, 2.24) is 9.88 Å². The van der Waals surface area contributed by atoms with Crippen LogP contribution in [0, 0.1) is 5.92 Å². The largest absolute Gasteiger partial charge is 0.419 e. The molecule has 0 bridgehead atoms. The maximum Gasteiger partial charge on any atom is 0.419 e. The minimum absolute atomic E-state index is 0.135. The van der Waals surface area contributed by atoms with E-state index in [2.05, 4.69) is 10.6 Å². The molecule has 1 saturated carbocycles. The number of amides is 2. The molecule has 0 saturated heterocycles. The number of nitrogens with one attached hydrogen (secondary N) is 2.